The maximum atomic E-state index is 12.4. The molecule has 1 aromatic heterocycles. The minimum absolute atomic E-state index is 0.139. The number of carbonyl (C=O) groups is 1. The lowest BCUT2D eigenvalue weighted by Gasteiger charge is -2.08. The lowest BCUT2D eigenvalue weighted by Crippen LogP contribution is -2.12. The Hall–Kier alpha value is -2.69. The van der Waals surface area contributed by atoms with Crippen molar-refractivity contribution in [2.24, 2.45) is 0 Å². The van der Waals surface area contributed by atoms with Crippen molar-refractivity contribution >= 4 is 22.6 Å². The summed E-state index contributed by atoms with van der Waals surface area (Å²) < 4.78 is 1.86. The Morgan fingerprint density at radius 3 is 2.70 bits per heavy atom. The monoisotopic (exact) mass is 308 g/mol. The van der Waals surface area contributed by atoms with Gasteiger partial charge in [-0.3, -0.25) is 4.79 Å². The second-order valence-electron chi connectivity index (χ2n) is 5.77. The van der Waals surface area contributed by atoms with Crippen LogP contribution in [0.1, 0.15) is 34.8 Å². The molecule has 2 aromatic carbocycles. The molecule has 0 unspecified atom stereocenters. The number of hydrogen-bond donors (Lipinski definition) is 1. The van der Waals surface area contributed by atoms with E-state index in [1.807, 2.05) is 41.9 Å². The Morgan fingerprint density at radius 2 is 1.96 bits per heavy atom. The van der Waals surface area contributed by atoms with E-state index in [1.165, 1.54) is 5.56 Å². The van der Waals surface area contributed by atoms with Crippen molar-refractivity contribution in [1.82, 2.24) is 15.0 Å². The number of benzene rings is 2. The largest absolute Gasteiger partial charge is 0.322 e. The summed E-state index contributed by atoms with van der Waals surface area (Å²) in [6.45, 7) is 7.00. The van der Waals surface area contributed by atoms with Gasteiger partial charge in [-0.1, -0.05) is 18.2 Å². The summed E-state index contributed by atoms with van der Waals surface area (Å²) in [7, 11) is 0. The van der Waals surface area contributed by atoms with E-state index in [4.69, 9.17) is 0 Å². The summed E-state index contributed by atoms with van der Waals surface area (Å²) in [5.41, 5.74) is 5.44. The van der Waals surface area contributed by atoms with Crippen molar-refractivity contribution in [3.63, 3.8) is 0 Å². The molecule has 1 heterocycles. The first kappa shape index (κ1) is 15.2. The highest BCUT2D eigenvalue weighted by Gasteiger charge is 2.10. The molecule has 0 radical (unpaired) electrons. The van der Waals surface area contributed by atoms with Gasteiger partial charge in [0.25, 0.3) is 5.91 Å². The molecule has 1 amide bonds. The van der Waals surface area contributed by atoms with Crippen LogP contribution in [0, 0.1) is 13.8 Å². The van der Waals surface area contributed by atoms with Gasteiger partial charge >= 0.3 is 0 Å². The molecule has 0 aliphatic rings. The van der Waals surface area contributed by atoms with Gasteiger partial charge in [0.05, 0.1) is 5.52 Å². The Kier molecular flexibility index (Phi) is 4.10. The number of rotatable bonds is 4. The molecule has 1 N–H and O–H groups in total. The predicted octanol–water partition coefficient (Wildman–Crippen LogP) is 3.71. The van der Waals surface area contributed by atoms with E-state index < -0.39 is 0 Å². The Labute approximate surface area is 135 Å². The van der Waals surface area contributed by atoms with E-state index in [2.05, 4.69) is 29.5 Å². The number of hydrogen-bond acceptors (Lipinski definition) is 3. The molecule has 3 rings (SSSR count). The fourth-order valence-electron chi connectivity index (χ4n) is 2.51. The van der Waals surface area contributed by atoms with Gasteiger partial charge in [-0.2, -0.15) is 0 Å². The quantitative estimate of drug-likeness (QED) is 0.799. The first-order valence-corrected chi connectivity index (χ1v) is 7.80. The first-order valence-electron chi connectivity index (χ1n) is 7.80. The molecule has 0 saturated heterocycles. The van der Waals surface area contributed by atoms with Crippen molar-refractivity contribution in [1.29, 1.82) is 0 Å². The van der Waals surface area contributed by atoms with Crippen LogP contribution in [0.5, 0.6) is 0 Å². The Bertz CT molecular complexity index is 867. The highest BCUT2D eigenvalue weighted by Crippen LogP contribution is 2.17. The van der Waals surface area contributed by atoms with E-state index in [1.54, 1.807) is 6.07 Å². The minimum Gasteiger partial charge on any atom is -0.322 e. The topological polar surface area (TPSA) is 59.8 Å². The van der Waals surface area contributed by atoms with E-state index in [9.17, 15) is 4.79 Å². The average molecular weight is 308 g/mol. The van der Waals surface area contributed by atoms with E-state index in [0.29, 0.717) is 5.56 Å². The molecule has 0 bridgehead atoms. The molecule has 0 atom stereocenters. The third-order valence-corrected chi connectivity index (χ3v) is 3.98. The van der Waals surface area contributed by atoms with Crippen molar-refractivity contribution in [3.05, 3.63) is 53.1 Å². The molecular weight excluding hydrogens is 288 g/mol. The molecule has 118 valence electrons. The van der Waals surface area contributed by atoms with Crippen molar-refractivity contribution in [3.8, 4) is 0 Å². The van der Waals surface area contributed by atoms with Crippen molar-refractivity contribution in [2.75, 3.05) is 5.32 Å². The van der Waals surface area contributed by atoms with Crippen LogP contribution in [0.2, 0.25) is 0 Å². The molecule has 0 spiro atoms. The Morgan fingerprint density at radius 1 is 1.13 bits per heavy atom. The smallest absolute Gasteiger partial charge is 0.255 e. The number of nitrogens with one attached hydrogen (secondary N) is 1. The zero-order chi connectivity index (χ0) is 16.4. The van der Waals surface area contributed by atoms with E-state index in [0.717, 1.165) is 35.2 Å². The zero-order valence-corrected chi connectivity index (χ0v) is 13.6. The standard InChI is InChI=1S/C18H20N4O/c1-4-9-22-17-8-6-14(11-16(17)20-21-22)18(23)19-15-7-5-12(2)13(3)10-15/h5-8,10-11H,4,9H2,1-3H3,(H,19,23). The van der Waals surface area contributed by atoms with Crippen LogP contribution in [0.25, 0.3) is 11.0 Å². The highest BCUT2D eigenvalue weighted by atomic mass is 16.1. The van der Waals surface area contributed by atoms with Crippen LogP contribution in [-0.4, -0.2) is 20.9 Å². The molecule has 0 saturated carbocycles. The molecule has 0 aliphatic carbocycles. The summed E-state index contributed by atoms with van der Waals surface area (Å²) in [6.07, 6.45) is 0.994. The summed E-state index contributed by atoms with van der Waals surface area (Å²) in [4.78, 5) is 12.4. The first-order chi connectivity index (χ1) is 11.1. The van der Waals surface area contributed by atoms with Crippen LogP contribution in [-0.2, 0) is 6.54 Å². The van der Waals surface area contributed by atoms with E-state index >= 15 is 0 Å². The Balaban J connectivity index is 1.84. The number of amides is 1. The van der Waals surface area contributed by atoms with Gasteiger partial charge in [0.15, 0.2) is 0 Å². The van der Waals surface area contributed by atoms with Gasteiger partial charge in [0.2, 0.25) is 0 Å². The number of carbonyl (C=O) groups excluding carboxylic acids is 1. The van der Waals surface area contributed by atoms with Gasteiger partial charge in [-0.15, -0.1) is 5.10 Å². The molecule has 23 heavy (non-hydrogen) atoms. The molecule has 0 aliphatic heterocycles. The van der Waals surface area contributed by atoms with Crippen molar-refractivity contribution in [2.45, 2.75) is 33.7 Å². The third-order valence-electron chi connectivity index (χ3n) is 3.98. The van der Waals surface area contributed by atoms with Gasteiger partial charge in [-0.25, -0.2) is 4.68 Å². The SMILES string of the molecule is CCCn1nnc2cc(C(=O)Nc3ccc(C)c(C)c3)ccc21. The second kappa shape index (κ2) is 6.20. The third kappa shape index (κ3) is 3.08. The number of aromatic nitrogens is 3. The fourth-order valence-corrected chi connectivity index (χ4v) is 2.51. The number of anilines is 1. The van der Waals surface area contributed by atoms with Crippen LogP contribution in [0.15, 0.2) is 36.4 Å². The number of aryl methyl sites for hydroxylation is 3. The molecular formula is C18H20N4O. The fraction of sp³-hybridized carbons (Fsp3) is 0.278. The predicted molar refractivity (Wildman–Crippen MR) is 91.7 cm³/mol. The molecule has 5 heteroatoms. The summed E-state index contributed by atoms with van der Waals surface area (Å²) in [5.74, 6) is -0.139. The van der Waals surface area contributed by atoms with Crippen LogP contribution >= 0.6 is 0 Å². The number of nitrogens with zero attached hydrogens (tertiary/aromatic N) is 3. The summed E-state index contributed by atoms with van der Waals surface area (Å²) in [5, 5.41) is 11.2. The van der Waals surface area contributed by atoms with Gasteiger partial charge in [-0.05, 0) is 61.7 Å². The van der Waals surface area contributed by atoms with Gasteiger partial charge < -0.3 is 5.32 Å². The van der Waals surface area contributed by atoms with Gasteiger partial charge in [0, 0.05) is 17.8 Å². The molecule has 0 fully saturated rings. The van der Waals surface area contributed by atoms with Crippen LogP contribution in [0.3, 0.4) is 0 Å². The summed E-state index contributed by atoms with van der Waals surface area (Å²) >= 11 is 0. The number of fused-ring (bicyclic) bond motifs is 1. The maximum absolute atomic E-state index is 12.4. The second-order valence-corrected chi connectivity index (χ2v) is 5.77. The molecule has 5 nitrogen and oxygen atoms in total. The van der Waals surface area contributed by atoms with Crippen LogP contribution < -0.4 is 5.32 Å². The normalized spacial score (nSPS) is 10.9. The lowest BCUT2D eigenvalue weighted by molar-refractivity contribution is 0.102. The summed E-state index contributed by atoms with van der Waals surface area (Å²) in [6, 6.07) is 11.4. The van der Waals surface area contributed by atoms with Gasteiger partial charge in [0.1, 0.15) is 5.52 Å². The van der Waals surface area contributed by atoms with Crippen molar-refractivity contribution < 1.29 is 4.79 Å². The maximum Gasteiger partial charge on any atom is 0.255 e. The molecule has 3 aromatic rings. The minimum atomic E-state index is -0.139. The zero-order valence-electron chi connectivity index (χ0n) is 13.6. The highest BCUT2D eigenvalue weighted by molar-refractivity contribution is 6.05. The lowest BCUT2D eigenvalue weighted by atomic mass is 10.1. The van der Waals surface area contributed by atoms with Crippen LogP contribution in [0.4, 0.5) is 5.69 Å². The average Bonchev–Trinajstić information content (AvgIpc) is 2.94. The van der Waals surface area contributed by atoms with E-state index in [-0.39, 0.29) is 5.91 Å².